The molecule has 2 aromatic heterocycles. The van der Waals surface area contributed by atoms with Crippen molar-refractivity contribution in [1.29, 1.82) is 0 Å². The van der Waals surface area contributed by atoms with Crippen molar-refractivity contribution in [3.8, 4) is 10.6 Å². The molecule has 5 heteroatoms. The first-order valence-corrected chi connectivity index (χ1v) is 7.40. The van der Waals surface area contributed by atoms with Gasteiger partial charge in [0, 0.05) is 21.7 Å². The maximum absolute atomic E-state index is 9.72. The summed E-state index contributed by atoms with van der Waals surface area (Å²) in [5.74, 6) is 0. The lowest BCUT2D eigenvalue weighted by Gasteiger charge is -2.14. The van der Waals surface area contributed by atoms with Crippen molar-refractivity contribution in [3.63, 3.8) is 0 Å². The van der Waals surface area contributed by atoms with Crippen LogP contribution in [0.15, 0.2) is 21.3 Å². The lowest BCUT2D eigenvalue weighted by molar-refractivity contribution is 0.0809. The van der Waals surface area contributed by atoms with Gasteiger partial charge in [-0.25, -0.2) is 4.98 Å². The summed E-state index contributed by atoms with van der Waals surface area (Å²) < 4.78 is 1.09. The van der Waals surface area contributed by atoms with E-state index in [4.69, 9.17) is 0 Å². The largest absolute Gasteiger partial charge is 0.390 e. The van der Waals surface area contributed by atoms with Crippen molar-refractivity contribution < 1.29 is 5.11 Å². The van der Waals surface area contributed by atoms with Gasteiger partial charge in [-0.1, -0.05) is 0 Å². The fourth-order valence-electron chi connectivity index (χ4n) is 1.32. The minimum absolute atomic E-state index is 0.601. The van der Waals surface area contributed by atoms with Gasteiger partial charge in [0.15, 0.2) is 0 Å². The standard InChI is InChI=1S/C11H12BrNOS2/c1-11(2,14)4-10-13-8(6-16-10)9-3-7(12)5-15-9/h3,5-6,14H,4H2,1-2H3. The van der Waals surface area contributed by atoms with Crippen LogP contribution in [-0.2, 0) is 6.42 Å². The molecule has 0 radical (unpaired) electrons. The van der Waals surface area contributed by atoms with E-state index in [1.165, 1.54) is 0 Å². The zero-order valence-corrected chi connectivity index (χ0v) is 12.2. The van der Waals surface area contributed by atoms with E-state index in [1.807, 2.05) is 10.8 Å². The molecule has 0 spiro atoms. The maximum Gasteiger partial charge on any atom is 0.0961 e. The Morgan fingerprint density at radius 1 is 1.38 bits per heavy atom. The summed E-state index contributed by atoms with van der Waals surface area (Å²) in [5.41, 5.74) is 0.311. The van der Waals surface area contributed by atoms with Crippen molar-refractivity contribution >= 4 is 38.6 Å². The SMILES string of the molecule is CC(C)(O)Cc1nc(-c2cc(Br)cs2)cs1. The predicted octanol–water partition coefficient (Wildman–Crippen LogP) is 3.95. The summed E-state index contributed by atoms with van der Waals surface area (Å²) in [4.78, 5) is 5.68. The number of hydrogen-bond acceptors (Lipinski definition) is 4. The predicted molar refractivity (Wildman–Crippen MR) is 73.1 cm³/mol. The van der Waals surface area contributed by atoms with Crippen molar-refractivity contribution in [2.24, 2.45) is 0 Å². The van der Waals surface area contributed by atoms with Gasteiger partial charge in [0.25, 0.3) is 0 Å². The molecule has 86 valence electrons. The molecule has 2 nitrogen and oxygen atoms in total. The van der Waals surface area contributed by atoms with Crippen molar-refractivity contribution in [2.75, 3.05) is 0 Å². The van der Waals surface area contributed by atoms with Crippen LogP contribution in [0.5, 0.6) is 0 Å². The van der Waals surface area contributed by atoms with E-state index in [-0.39, 0.29) is 0 Å². The van der Waals surface area contributed by atoms with Crippen LogP contribution in [0.1, 0.15) is 18.9 Å². The summed E-state index contributed by atoms with van der Waals surface area (Å²) in [6.45, 7) is 3.60. The van der Waals surface area contributed by atoms with E-state index in [0.717, 1.165) is 20.1 Å². The minimum Gasteiger partial charge on any atom is -0.390 e. The number of hydrogen-bond donors (Lipinski definition) is 1. The Labute approximate surface area is 111 Å². The van der Waals surface area contributed by atoms with Crippen LogP contribution < -0.4 is 0 Å². The maximum atomic E-state index is 9.72. The van der Waals surface area contributed by atoms with Gasteiger partial charge in [-0.2, -0.15) is 0 Å². The quantitative estimate of drug-likeness (QED) is 0.929. The number of thiazole rings is 1. The van der Waals surface area contributed by atoms with Crippen molar-refractivity contribution in [2.45, 2.75) is 25.9 Å². The molecule has 1 N–H and O–H groups in total. The molecule has 0 atom stereocenters. The average Bonchev–Trinajstić information content (AvgIpc) is 2.71. The van der Waals surface area contributed by atoms with Gasteiger partial charge in [-0.15, -0.1) is 22.7 Å². The average molecular weight is 318 g/mol. The van der Waals surface area contributed by atoms with Crippen LogP contribution >= 0.6 is 38.6 Å². The Hall–Kier alpha value is -0.230. The number of aliphatic hydroxyl groups is 1. The molecule has 16 heavy (non-hydrogen) atoms. The second-order valence-electron chi connectivity index (χ2n) is 4.24. The van der Waals surface area contributed by atoms with Crippen LogP contribution in [0.2, 0.25) is 0 Å². The van der Waals surface area contributed by atoms with Gasteiger partial charge in [0.05, 0.1) is 21.2 Å². The van der Waals surface area contributed by atoms with E-state index < -0.39 is 5.60 Å². The van der Waals surface area contributed by atoms with Crippen molar-refractivity contribution in [1.82, 2.24) is 4.98 Å². The molecular weight excluding hydrogens is 306 g/mol. The Kier molecular flexibility index (Phi) is 3.49. The summed E-state index contributed by atoms with van der Waals surface area (Å²) in [7, 11) is 0. The molecule has 0 amide bonds. The molecule has 0 fully saturated rings. The lowest BCUT2D eigenvalue weighted by Crippen LogP contribution is -2.21. The summed E-state index contributed by atoms with van der Waals surface area (Å²) in [5, 5.41) is 14.8. The molecule has 0 aromatic carbocycles. The first-order chi connectivity index (χ1) is 7.44. The monoisotopic (exact) mass is 317 g/mol. The molecule has 0 saturated heterocycles. The second-order valence-corrected chi connectivity index (χ2v) is 7.01. The Balaban J connectivity index is 2.20. The number of halogens is 1. The Morgan fingerprint density at radius 3 is 2.69 bits per heavy atom. The van der Waals surface area contributed by atoms with Crippen LogP contribution in [0.4, 0.5) is 0 Å². The Bertz CT molecular complexity index is 484. The second kappa shape index (κ2) is 4.56. The van der Waals surface area contributed by atoms with Crippen LogP contribution in [-0.4, -0.2) is 15.7 Å². The molecule has 0 bridgehead atoms. The summed E-state index contributed by atoms with van der Waals surface area (Å²) in [6.07, 6.45) is 0.601. The van der Waals surface area contributed by atoms with Crippen LogP contribution in [0.3, 0.4) is 0 Å². The molecule has 2 rings (SSSR count). The van der Waals surface area contributed by atoms with E-state index in [0.29, 0.717) is 6.42 Å². The van der Waals surface area contributed by atoms with Gasteiger partial charge in [0.2, 0.25) is 0 Å². The zero-order valence-electron chi connectivity index (χ0n) is 9.03. The van der Waals surface area contributed by atoms with Gasteiger partial charge >= 0.3 is 0 Å². The highest BCUT2D eigenvalue weighted by Crippen LogP contribution is 2.31. The van der Waals surface area contributed by atoms with Crippen molar-refractivity contribution in [3.05, 3.63) is 26.3 Å². The number of rotatable bonds is 3. The van der Waals surface area contributed by atoms with E-state index >= 15 is 0 Å². The first-order valence-electron chi connectivity index (χ1n) is 4.85. The molecule has 0 aliphatic carbocycles. The van der Waals surface area contributed by atoms with Gasteiger partial charge in [0.1, 0.15) is 0 Å². The summed E-state index contributed by atoms with van der Waals surface area (Å²) in [6, 6.07) is 2.06. The van der Waals surface area contributed by atoms with Crippen LogP contribution in [0, 0.1) is 0 Å². The molecule has 0 aliphatic rings. The highest BCUT2D eigenvalue weighted by atomic mass is 79.9. The van der Waals surface area contributed by atoms with E-state index in [2.05, 4.69) is 27.0 Å². The lowest BCUT2D eigenvalue weighted by atomic mass is 10.1. The van der Waals surface area contributed by atoms with Gasteiger partial charge < -0.3 is 5.11 Å². The molecule has 2 aromatic rings. The zero-order chi connectivity index (χ0) is 11.8. The highest BCUT2D eigenvalue weighted by molar-refractivity contribution is 9.10. The highest BCUT2D eigenvalue weighted by Gasteiger charge is 2.16. The van der Waals surface area contributed by atoms with Gasteiger partial charge in [-0.3, -0.25) is 0 Å². The number of thiophene rings is 1. The van der Waals surface area contributed by atoms with Gasteiger partial charge in [-0.05, 0) is 35.8 Å². The molecule has 0 unspecified atom stereocenters. The topological polar surface area (TPSA) is 33.1 Å². The molecule has 0 aliphatic heterocycles. The van der Waals surface area contributed by atoms with E-state index in [9.17, 15) is 5.11 Å². The minimum atomic E-state index is -0.689. The normalized spacial score (nSPS) is 12.0. The summed E-state index contributed by atoms with van der Waals surface area (Å²) >= 11 is 6.70. The number of nitrogens with zero attached hydrogens (tertiary/aromatic N) is 1. The van der Waals surface area contributed by atoms with Crippen LogP contribution in [0.25, 0.3) is 10.6 Å². The Morgan fingerprint density at radius 2 is 2.12 bits per heavy atom. The van der Waals surface area contributed by atoms with E-state index in [1.54, 1.807) is 36.5 Å². The third-order valence-electron chi connectivity index (χ3n) is 1.96. The third kappa shape index (κ3) is 3.13. The number of aromatic nitrogens is 1. The fraction of sp³-hybridized carbons (Fsp3) is 0.364. The first kappa shape index (κ1) is 12.2. The molecular formula is C11H12BrNOS2. The third-order valence-corrected chi connectivity index (χ3v) is 4.52. The molecule has 2 heterocycles. The molecule has 0 saturated carbocycles. The smallest absolute Gasteiger partial charge is 0.0961 e. The fourth-order valence-corrected chi connectivity index (χ4v) is 3.80.